The second kappa shape index (κ2) is 7.21. The molecule has 20 heavy (non-hydrogen) atoms. The molecule has 0 aliphatic carbocycles. The topological polar surface area (TPSA) is 9.23 Å². The number of benzene rings is 1. The summed E-state index contributed by atoms with van der Waals surface area (Å²) in [5, 5.41) is 0. The van der Waals surface area contributed by atoms with Crippen LogP contribution in [0.15, 0.2) is 12.1 Å². The molecule has 1 aromatic carbocycles. The standard InChI is InChI=1S/C18H27FO/c1-4-5-6-7-15-9-11-17(20-12-15)16-10-8-13(2)14(3)18(16)19/h8,10,15,17H,4-7,9,11-12H2,1-3H3. The van der Waals surface area contributed by atoms with Gasteiger partial charge in [0.1, 0.15) is 5.82 Å². The lowest BCUT2D eigenvalue weighted by atomic mass is 9.90. The minimum atomic E-state index is -0.0700. The van der Waals surface area contributed by atoms with E-state index in [1.165, 1.54) is 32.1 Å². The van der Waals surface area contributed by atoms with E-state index in [1.54, 1.807) is 0 Å². The van der Waals surface area contributed by atoms with Crippen molar-refractivity contribution < 1.29 is 9.13 Å². The predicted molar refractivity (Wildman–Crippen MR) is 81.4 cm³/mol. The Hall–Kier alpha value is -0.890. The SMILES string of the molecule is CCCCCC1CCC(c2ccc(C)c(C)c2F)OC1. The van der Waals surface area contributed by atoms with Crippen molar-refractivity contribution in [2.45, 2.75) is 65.4 Å². The van der Waals surface area contributed by atoms with Crippen molar-refractivity contribution in [3.63, 3.8) is 0 Å². The van der Waals surface area contributed by atoms with Gasteiger partial charge in [0.05, 0.1) is 12.7 Å². The van der Waals surface area contributed by atoms with Gasteiger partial charge in [-0.1, -0.05) is 38.3 Å². The summed E-state index contributed by atoms with van der Waals surface area (Å²) in [6.07, 6.45) is 7.22. The van der Waals surface area contributed by atoms with E-state index in [2.05, 4.69) is 6.92 Å². The highest BCUT2D eigenvalue weighted by Crippen LogP contribution is 2.34. The fraction of sp³-hybridized carbons (Fsp3) is 0.667. The van der Waals surface area contributed by atoms with E-state index < -0.39 is 0 Å². The lowest BCUT2D eigenvalue weighted by Crippen LogP contribution is -2.21. The number of hydrogen-bond acceptors (Lipinski definition) is 1. The van der Waals surface area contributed by atoms with Crippen LogP contribution in [0.1, 0.15) is 68.2 Å². The normalized spacial score (nSPS) is 23.0. The molecule has 1 saturated heterocycles. The first-order chi connectivity index (χ1) is 9.63. The molecule has 2 heteroatoms. The maximum atomic E-state index is 14.3. The lowest BCUT2D eigenvalue weighted by molar-refractivity contribution is -0.0216. The van der Waals surface area contributed by atoms with Gasteiger partial charge in [0.25, 0.3) is 0 Å². The van der Waals surface area contributed by atoms with E-state index >= 15 is 0 Å². The summed E-state index contributed by atoms with van der Waals surface area (Å²) in [7, 11) is 0. The minimum Gasteiger partial charge on any atom is -0.373 e. The Morgan fingerprint density at radius 1 is 1.20 bits per heavy atom. The number of rotatable bonds is 5. The number of hydrogen-bond donors (Lipinski definition) is 0. The minimum absolute atomic E-state index is 0.0447. The highest BCUT2D eigenvalue weighted by molar-refractivity contribution is 5.33. The Morgan fingerprint density at radius 2 is 2.00 bits per heavy atom. The molecule has 0 bridgehead atoms. The van der Waals surface area contributed by atoms with Crippen molar-refractivity contribution in [3.8, 4) is 0 Å². The number of aryl methyl sites for hydroxylation is 1. The molecule has 1 aromatic rings. The van der Waals surface area contributed by atoms with Crippen LogP contribution in [0.3, 0.4) is 0 Å². The number of halogens is 1. The van der Waals surface area contributed by atoms with Crippen LogP contribution in [0, 0.1) is 25.6 Å². The molecule has 2 atom stereocenters. The van der Waals surface area contributed by atoms with Crippen molar-refractivity contribution in [1.82, 2.24) is 0 Å². The van der Waals surface area contributed by atoms with Crippen LogP contribution in [-0.4, -0.2) is 6.61 Å². The highest BCUT2D eigenvalue weighted by atomic mass is 19.1. The fourth-order valence-corrected chi connectivity index (χ4v) is 3.01. The zero-order valence-corrected chi connectivity index (χ0v) is 13.0. The summed E-state index contributed by atoms with van der Waals surface area (Å²) in [6.45, 7) is 6.83. The van der Waals surface area contributed by atoms with Crippen molar-refractivity contribution in [1.29, 1.82) is 0 Å². The van der Waals surface area contributed by atoms with E-state index in [0.717, 1.165) is 29.7 Å². The first kappa shape index (κ1) is 15.5. The van der Waals surface area contributed by atoms with Gasteiger partial charge in [-0.3, -0.25) is 0 Å². The third-order valence-electron chi connectivity index (χ3n) is 4.62. The van der Waals surface area contributed by atoms with Gasteiger partial charge in [-0.15, -0.1) is 0 Å². The molecule has 1 aliphatic rings. The maximum absolute atomic E-state index is 14.3. The zero-order valence-electron chi connectivity index (χ0n) is 13.0. The van der Waals surface area contributed by atoms with Gasteiger partial charge in [-0.25, -0.2) is 4.39 Å². The van der Waals surface area contributed by atoms with E-state index in [-0.39, 0.29) is 11.9 Å². The molecule has 1 fully saturated rings. The van der Waals surface area contributed by atoms with Crippen molar-refractivity contribution in [2.24, 2.45) is 5.92 Å². The van der Waals surface area contributed by atoms with E-state index in [4.69, 9.17) is 4.74 Å². The fourth-order valence-electron chi connectivity index (χ4n) is 3.01. The van der Waals surface area contributed by atoms with Crippen LogP contribution >= 0.6 is 0 Å². The van der Waals surface area contributed by atoms with Crippen LogP contribution in [0.4, 0.5) is 4.39 Å². The van der Waals surface area contributed by atoms with E-state index in [9.17, 15) is 4.39 Å². The summed E-state index contributed by atoms with van der Waals surface area (Å²) in [6, 6.07) is 3.91. The number of ether oxygens (including phenoxy) is 1. The molecule has 0 amide bonds. The van der Waals surface area contributed by atoms with E-state index in [0.29, 0.717) is 5.92 Å². The molecule has 112 valence electrons. The molecule has 0 radical (unpaired) electrons. The van der Waals surface area contributed by atoms with E-state index in [1.807, 2.05) is 26.0 Å². The van der Waals surface area contributed by atoms with Crippen molar-refractivity contribution >= 4 is 0 Å². The molecule has 0 spiro atoms. The van der Waals surface area contributed by atoms with Crippen LogP contribution in [0.2, 0.25) is 0 Å². The van der Waals surface area contributed by atoms with Crippen LogP contribution < -0.4 is 0 Å². The molecular formula is C18H27FO. The Labute approximate surface area is 122 Å². The summed E-state index contributed by atoms with van der Waals surface area (Å²) >= 11 is 0. The first-order valence-corrected chi connectivity index (χ1v) is 8.00. The van der Waals surface area contributed by atoms with Gasteiger partial charge in [0.15, 0.2) is 0 Å². The molecule has 2 rings (SSSR count). The summed E-state index contributed by atoms with van der Waals surface area (Å²) < 4.78 is 20.3. The molecule has 0 N–H and O–H groups in total. The molecular weight excluding hydrogens is 251 g/mol. The predicted octanol–water partition coefficient (Wildman–Crippen LogP) is 5.49. The summed E-state index contributed by atoms with van der Waals surface area (Å²) in [5.41, 5.74) is 2.52. The maximum Gasteiger partial charge on any atom is 0.132 e. The average molecular weight is 278 g/mol. The second-order valence-electron chi connectivity index (χ2n) is 6.17. The van der Waals surface area contributed by atoms with Gasteiger partial charge in [-0.05, 0) is 50.2 Å². The average Bonchev–Trinajstić information content (AvgIpc) is 2.46. The Morgan fingerprint density at radius 3 is 2.65 bits per heavy atom. The summed E-state index contributed by atoms with van der Waals surface area (Å²) in [5.74, 6) is 0.604. The van der Waals surface area contributed by atoms with Gasteiger partial charge >= 0.3 is 0 Å². The van der Waals surface area contributed by atoms with Gasteiger partial charge in [0.2, 0.25) is 0 Å². The smallest absolute Gasteiger partial charge is 0.132 e. The monoisotopic (exact) mass is 278 g/mol. The molecule has 1 aliphatic heterocycles. The Kier molecular flexibility index (Phi) is 5.59. The van der Waals surface area contributed by atoms with Crippen LogP contribution in [0.5, 0.6) is 0 Å². The third-order valence-corrected chi connectivity index (χ3v) is 4.62. The lowest BCUT2D eigenvalue weighted by Gasteiger charge is -2.30. The largest absolute Gasteiger partial charge is 0.373 e. The van der Waals surface area contributed by atoms with Crippen molar-refractivity contribution in [2.75, 3.05) is 6.61 Å². The van der Waals surface area contributed by atoms with Crippen LogP contribution in [0.25, 0.3) is 0 Å². The molecule has 1 nitrogen and oxygen atoms in total. The Bertz CT molecular complexity index is 433. The van der Waals surface area contributed by atoms with Gasteiger partial charge < -0.3 is 4.74 Å². The molecule has 1 heterocycles. The zero-order chi connectivity index (χ0) is 14.5. The van der Waals surface area contributed by atoms with Crippen molar-refractivity contribution in [3.05, 3.63) is 34.6 Å². The van der Waals surface area contributed by atoms with Crippen LogP contribution in [-0.2, 0) is 4.74 Å². The summed E-state index contributed by atoms with van der Waals surface area (Å²) in [4.78, 5) is 0. The van der Waals surface area contributed by atoms with Gasteiger partial charge in [-0.2, -0.15) is 0 Å². The quantitative estimate of drug-likeness (QED) is 0.647. The highest BCUT2D eigenvalue weighted by Gasteiger charge is 2.25. The third kappa shape index (κ3) is 3.60. The number of unbranched alkanes of at least 4 members (excludes halogenated alkanes) is 2. The Balaban J connectivity index is 1.92. The molecule has 0 aromatic heterocycles. The molecule has 0 saturated carbocycles. The first-order valence-electron chi connectivity index (χ1n) is 8.00. The molecule has 2 unspecified atom stereocenters. The van der Waals surface area contributed by atoms with Gasteiger partial charge in [0, 0.05) is 5.56 Å². The second-order valence-corrected chi connectivity index (χ2v) is 6.17.